The summed E-state index contributed by atoms with van der Waals surface area (Å²) in [5, 5.41) is 6.99. The molecule has 0 saturated carbocycles. The average molecular weight is 312 g/mol. The molecule has 1 N–H and O–H groups in total. The van der Waals surface area contributed by atoms with Crippen LogP contribution in [-0.4, -0.2) is 40.6 Å². The number of anilines is 1. The fourth-order valence-corrected chi connectivity index (χ4v) is 4.85. The molecule has 2 aliphatic heterocycles. The minimum Gasteiger partial charge on any atom is -0.293 e. The normalized spacial score (nSPS) is 27.3. The van der Waals surface area contributed by atoms with E-state index in [0.29, 0.717) is 18.3 Å². The number of carbonyl (C=O) groups is 1. The molecule has 0 aliphatic carbocycles. The molecule has 0 aromatic carbocycles. The molecule has 2 aliphatic rings. The van der Waals surface area contributed by atoms with Crippen molar-refractivity contribution in [3.63, 3.8) is 0 Å². The van der Waals surface area contributed by atoms with E-state index < -0.39 is 9.84 Å². The van der Waals surface area contributed by atoms with Gasteiger partial charge in [-0.25, -0.2) is 13.1 Å². The van der Waals surface area contributed by atoms with Gasteiger partial charge in [-0.1, -0.05) is 6.92 Å². The van der Waals surface area contributed by atoms with Gasteiger partial charge in [-0.3, -0.25) is 10.1 Å². The topological polar surface area (TPSA) is 93.9 Å². The first-order chi connectivity index (χ1) is 9.91. The third kappa shape index (κ3) is 3.42. The molecule has 1 saturated heterocycles. The summed E-state index contributed by atoms with van der Waals surface area (Å²) >= 11 is 0. The van der Waals surface area contributed by atoms with Gasteiger partial charge in [0.05, 0.1) is 11.5 Å². The molecule has 2 atom stereocenters. The molecule has 0 radical (unpaired) electrons. The average Bonchev–Trinajstić information content (AvgIpc) is 2.91. The fourth-order valence-electron chi connectivity index (χ4n) is 2.99. The van der Waals surface area contributed by atoms with E-state index in [2.05, 4.69) is 22.3 Å². The Balaban J connectivity index is 1.58. The standard InChI is InChI=1S/C13H20N4O3S/c1-9-2-3-11-14-13(16-17(11)7-9)15-12(18)6-10-4-5-21(19,20)8-10/h9-10H,2-8H2,1H3,(H,15,16,18). The predicted octanol–water partition coefficient (Wildman–Crippen LogP) is 0.624. The fraction of sp³-hybridized carbons (Fsp3) is 0.769. The van der Waals surface area contributed by atoms with Crippen molar-refractivity contribution in [1.29, 1.82) is 0 Å². The third-order valence-electron chi connectivity index (χ3n) is 4.15. The van der Waals surface area contributed by atoms with Crippen molar-refractivity contribution in [2.24, 2.45) is 11.8 Å². The lowest BCUT2D eigenvalue weighted by Crippen LogP contribution is -2.19. The molecule has 2 unspecified atom stereocenters. The monoisotopic (exact) mass is 312 g/mol. The van der Waals surface area contributed by atoms with Crippen LogP contribution in [0.4, 0.5) is 5.95 Å². The van der Waals surface area contributed by atoms with E-state index in [1.54, 1.807) is 0 Å². The largest absolute Gasteiger partial charge is 0.293 e. The highest BCUT2D eigenvalue weighted by Gasteiger charge is 2.29. The Morgan fingerprint density at radius 1 is 1.43 bits per heavy atom. The van der Waals surface area contributed by atoms with Crippen LogP contribution in [0.15, 0.2) is 0 Å². The van der Waals surface area contributed by atoms with Crippen molar-refractivity contribution >= 4 is 21.7 Å². The quantitative estimate of drug-likeness (QED) is 0.883. The Kier molecular flexibility index (Phi) is 3.73. The Morgan fingerprint density at radius 2 is 2.24 bits per heavy atom. The van der Waals surface area contributed by atoms with Gasteiger partial charge in [0, 0.05) is 19.4 Å². The number of hydrogen-bond acceptors (Lipinski definition) is 5. The number of hydrogen-bond donors (Lipinski definition) is 1. The van der Waals surface area contributed by atoms with E-state index in [-0.39, 0.29) is 29.8 Å². The number of fused-ring (bicyclic) bond motifs is 1. The summed E-state index contributed by atoms with van der Waals surface area (Å²) in [4.78, 5) is 16.3. The molecular weight excluding hydrogens is 292 g/mol. The third-order valence-corrected chi connectivity index (χ3v) is 5.98. The highest BCUT2D eigenvalue weighted by Crippen LogP contribution is 2.22. The number of aryl methyl sites for hydroxylation is 1. The second-order valence-electron chi connectivity index (χ2n) is 6.20. The molecule has 1 aromatic rings. The van der Waals surface area contributed by atoms with Gasteiger partial charge < -0.3 is 0 Å². The van der Waals surface area contributed by atoms with Gasteiger partial charge in [0.1, 0.15) is 5.82 Å². The summed E-state index contributed by atoms with van der Waals surface area (Å²) in [6.45, 7) is 3.00. The van der Waals surface area contributed by atoms with Crippen LogP contribution in [0.5, 0.6) is 0 Å². The zero-order chi connectivity index (χ0) is 15.0. The van der Waals surface area contributed by atoms with Crippen LogP contribution in [0.2, 0.25) is 0 Å². The number of nitrogens with zero attached hydrogens (tertiary/aromatic N) is 3. The van der Waals surface area contributed by atoms with Crippen molar-refractivity contribution in [3.05, 3.63) is 5.82 Å². The van der Waals surface area contributed by atoms with E-state index in [0.717, 1.165) is 25.2 Å². The van der Waals surface area contributed by atoms with Gasteiger partial charge in [-0.2, -0.15) is 4.98 Å². The minimum atomic E-state index is -2.94. The van der Waals surface area contributed by atoms with Gasteiger partial charge in [-0.05, 0) is 24.7 Å². The molecule has 3 rings (SSSR count). The summed E-state index contributed by atoms with van der Waals surface area (Å²) < 4.78 is 24.6. The van der Waals surface area contributed by atoms with Crippen molar-refractivity contribution in [2.45, 2.75) is 39.2 Å². The highest BCUT2D eigenvalue weighted by atomic mass is 32.2. The number of aromatic nitrogens is 3. The van der Waals surface area contributed by atoms with Gasteiger partial charge in [0.25, 0.3) is 0 Å². The van der Waals surface area contributed by atoms with Crippen LogP contribution >= 0.6 is 0 Å². The molecule has 21 heavy (non-hydrogen) atoms. The summed E-state index contributed by atoms with van der Waals surface area (Å²) in [5.41, 5.74) is 0. The first-order valence-electron chi connectivity index (χ1n) is 7.35. The molecule has 0 bridgehead atoms. The van der Waals surface area contributed by atoms with Crippen LogP contribution < -0.4 is 5.32 Å². The highest BCUT2D eigenvalue weighted by molar-refractivity contribution is 7.91. The maximum atomic E-state index is 12.0. The van der Waals surface area contributed by atoms with Gasteiger partial charge in [0.15, 0.2) is 9.84 Å². The van der Waals surface area contributed by atoms with Crippen LogP contribution in [0.25, 0.3) is 0 Å². The summed E-state index contributed by atoms with van der Waals surface area (Å²) in [7, 11) is -2.94. The van der Waals surface area contributed by atoms with E-state index >= 15 is 0 Å². The number of amides is 1. The van der Waals surface area contributed by atoms with Crippen molar-refractivity contribution < 1.29 is 13.2 Å². The summed E-state index contributed by atoms with van der Waals surface area (Å²) in [6.07, 6.45) is 2.76. The number of rotatable bonds is 3. The van der Waals surface area contributed by atoms with Gasteiger partial charge in [-0.15, -0.1) is 5.10 Å². The van der Waals surface area contributed by atoms with Crippen LogP contribution in [0, 0.1) is 11.8 Å². The smallest absolute Gasteiger partial charge is 0.248 e. The molecule has 3 heterocycles. The second kappa shape index (κ2) is 5.40. The Bertz CT molecular complexity index is 652. The SMILES string of the molecule is CC1CCc2nc(NC(=O)CC3CCS(=O)(=O)C3)nn2C1. The molecule has 8 heteroatoms. The van der Waals surface area contributed by atoms with E-state index in [1.807, 2.05) is 4.68 Å². The molecule has 7 nitrogen and oxygen atoms in total. The van der Waals surface area contributed by atoms with E-state index in [9.17, 15) is 13.2 Å². The Morgan fingerprint density at radius 3 is 2.95 bits per heavy atom. The number of sulfone groups is 1. The summed E-state index contributed by atoms with van der Waals surface area (Å²) in [6, 6.07) is 0. The van der Waals surface area contributed by atoms with Gasteiger partial charge in [0.2, 0.25) is 11.9 Å². The van der Waals surface area contributed by atoms with E-state index in [1.165, 1.54) is 0 Å². The lowest BCUT2D eigenvalue weighted by molar-refractivity contribution is -0.116. The molecule has 1 fully saturated rings. The lowest BCUT2D eigenvalue weighted by Gasteiger charge is -2.17. The molecule has 0 spiro atoms. The van der Waals surface area contributed by atoms with Crippen molar-refractivity contribution in [2.75, 3.05) is 16.8 Å². The zero-order valence-corrected chi connectivity index (χ0v) is 12.9. The first-order valence-corrected chi connectivity index (χ1v) is 9.17. The van der Waals surface area contributed by atoms with Crippen LogP contribution in [-0.2, 0) is 27.6 Å². The van der Waals surface area contributed by atoms with Crippen LogP contribution in [0.1, 0.15) is 32.0 Å². The Hall–Kier alpha value is -1.44. The summed E-state index contributed by atoms with van der Waals surface area (Å²) in [5.74, 6) is 1.86. The zero-order valence-electron chi connectivity index (χ0n) is 12.1. The van der Waals surface area contributed by atoms with Crippen molar-refractivity contribution in [1.82, 2.24) is 14.8 Å². The molecule has 116 valence electrons. The maximum Gasteiger partial charge on any atom is 0.248 e. The maximum absolute atomic E-state index is 12.0. The molecular formula is C13H20N4O3S. The first kappa shape index (κ1) is 14.5. The predicted molar refractivity (Wildman–Crippen MR) is 77.5 cm³/mol. The van der Waals surface area contributed by atoms with Crippen molar-refractivity contribution in [3.8, 4) is 0 Å². The Labute approximate surface area is 124 Å². The second-order valence-corrected chi connectivity index (χ2v) is 8.43. The van der Waals surface area contributed by atoms with E-state index in [4.69, 9.17) is 0 Å². The minimum absolute atomic E-state index is 0.0766. The molecule has 1 amide bonds. The number of nitrogens with one attached hydrogen (secondary N) is 1. The lowest BCUT2D eigenvalue weighted by atomic mass is 10.0. The molecule has 1 aromatic heterocycles. The number of carbonyl (C=O) groups excluding carboxylic acids is 1. The van der Waals surface area contributed by atoms with Gasteiger partial charge >= 0.3 is 0 Å². The van der Waals surface area contributed by atoms with Crippen LogP contribution in [0.3, 0.4) is 0 Å².